The first-order valence-electron chi connectivity index (χ1n) is 1.43. The number of rotatable bonds is 0. The van der Waals surface area contributed by atoms with Crippen LogP contribution in [-0.4, -0.2) is 26.8 Å². The van der Waals surface area contributed by atoms with Crippen LogP contribution in [0.1, 0.15) is 0 Å². The number of hydrogen-bond acceptors (Lipinski definition) is 4. The van der Waals surface area contributed by atoms with Gasteiger partial charge in [-0.1, -0.05) is 0 Å². The van der Waals surface area contributed by atoms with Crippen molar-refractivity contribution in [2.75, 3.05) is 0 Å². The quantitative estimate of drug-likeness (QED) is 0.333. The van der Waals surface area contributed by atoms with E-state index in [-0.39, 0.29) is 11.3 Å². The van der Waals surface area contributed by atoms with Gasteiger partial charge in [-0.2, -0.15) is 0 Å². The van der Waals surface area contributed by atoms with Crippen molar-refractivity contribution >= 4 is 11.9 Å². The highest BCUT2D eigenvalue weighted by molar-refractivity contribution is 6.27. The number of hydrogen-bond donors (Lipinski definition) is 3. The first kappa shape index (κ1) is 11.0. The largest absolute Gasteiger partial charge is 0.506 e. The van der Waals surface area contributed by atoms with Crippen molar-refractivity contribution in [3.05, 3.63) is 0 Å². The van der Waals surface area contributed by atoms with Gasteiger partial charge in [0.05, 0.1) is 0 Å². The Labute approximate surface area is 53.4 Å². The van der Waals surface area contributed by atoms with Gasteiger partial charge in [-0.15, -0.1) is 4.66 Å². The Morgan fingerprint density at radius 2 is 1.33 bits per heavy atom. The van der Waals surface area contributed by atoms with E-state index < -0.39 is 11.9 Å². The highest BCUT2D eigenvalue weighted by atomic mass is 35.6. The average molecular weight is 158 g/mol. The van der Waals surface area contributed by atoms with Crippen molar-refractivity contribution in [1.29, 1.82) is 0 Å². The molecule has 3 N–H and O–H groups in total. The van der Waals surface area contributed by atoms with Gasteiger partial charge in [0.1, 0.15) is 0 Å². The second-order valence-electron chi connectivity index (χ2n) is 0.679. The summed E-state index contributed by atoms with van der Waals surface area (Å²) < 4.78 is 15.2. The summed E-state index contributed by atoms with van der Waals surface area (Å²) in [5.41, 5.74) is 0. The lowest BCUT2D eigenvalue weighted by Crippen LogP contribution is -2.09. The zero-order valence-corrected chi connectivity index (χ0v) is 4.70. The third-order valence-corrected chi connectivity index (χ3v) is 0.183. The van der Waals surface area contributed by atoms with Crippen LogP contribution in [-0.2, 0) is 9.59 Å². The van der Waals surface area contributed by atoms with Crippen LogP contribution in [0.5, 0.6) is 0 Å². The van der Waals surface area contributed by atoms with Crippen LogP contribution in [0.15, 0.2) is 0 Å². The van der Waals surface area contributed by atoms with Crippen molar-refractivity contribution in [2.45, 2.75) is 0 Å². The summed E-state index contributed by atoms with van der Waals surface area (Å²) in [6.07, 6.45) is 0. The Bertz CT molecular complexity index is 87.2. The van der Waals surface area contributed by atoms with Gasteiger partial charge in [0.25, 0.3) is 0 Å². The fraction of sp³-hybridized carbons (Fsp3) is 0. The topological polar surface area (TPSA) is 118 Å². The van der Waals surface area contributed by atoms with Crippen LogP contribution in [0, 0.1) is 11.3 Å². The van der Waals surface area contributed by atoms with Crippen molar-refractivity contribution in [2.24, 2.45) is 0 Å². The SMILES string of the molecule is O=C(O)C(=O)O.[O-][Cl+]O. The molecule has 0 atom stereocenters. The molecule has 0 aromatic heterocycles. The molecule has 7 heteroatoms. The van der Waals surface area contributed by atoms with E-state index in [1.165, 1.54) is 0 Å². The van der Waals surface area contributed by atoms with Gasteiger partial charge in [-0.3, -0.25) is 0 Å². The predicted octanol–water partition coefficient (Wildman–Crippen LogP) is -2.59. The van der Waals surface area contributed by atoms with Crippen molar-refractivity contribution < 1.29 is 40.4 Å². The molecule has 0 aromatic rings. The van der Waals surface area contributed by atoms with Gasteiger partial charge in [-0.25, -0.2) is 9.59 Å². The van der Waals surface area contributed by atoms with E-state index in [2.05, 4.69) is 0 Å². The van der Waals surface area contributed by atoms with Crippen LogP contribution in [0.4, 0.5) is 0 Å². The molecule has 0 saturated heterocycles. The summed E-state index contributed by atoms with van der Waals surface area (Å²) in [6.45, 7) is 0. The average Bonchev–Trinajstić information content (AvgIpc) is 1.68. The second-order valence-corrected chi connectivity index (χ2v) is 0.817. The Balaban J connectivity index is 0. The smallest absolute Gasteiger partial charge is 0.414 e. The molecule has 0 aliphatic carbocycles. The van der Waals surface area contributed by atoms with Gasteiger partial charge in [0.2, 0.25) is 0 Å². The molecule has 6 nitrogen and oxygen atoms in total. The maximum absolute atomic E-state index is 9.10. The summed E-state index contributed by atoms with van der Waals surface area (Å²) in [7, 11) is 0. The lowest BCUT2D eigenvalue weighted by atomic mass is 10.7. The van der Waals surface area contributed by atoms with Crippen molar-refractivity contribution in [3.8, 4) is 0 Å². The first-order chi connectivity index (χ1) is 4.06. The van der Waals surface area contributed by atoms with Crippen LogP contribution in [0.2, 0.25) is 0 Å². The Hall–Kier alpha value is -0.850. The minimum atomic E-state index is -1.82. The number of carboxylic acid groups (broad SMARTS) is 2. The van der Waals surface area contributed by atoms with E-state index in [1.54, 1.807) is 0 Å². The maximum atomic E-state index is 9.10. The molecular weight excluding hydrogens is 155 g/mol. The zero-order valence-electron chi connectivity index (χ0n) is 3.94. The maximum Gasteiger partial charge on any atom is 0.414 e. The molecule has 0 unspecified atom stereocenters. The standard InChI is InChI=1S/C2H2O4.ClHO2/c3-1(4)2(5)6;2-1-3/h(H,3,4)(H,5,6);2H. The Morgan fingerprint density at radius 1 is 1.22 bits per heavy atom. The molecule has 0 fully saturated rings. The van der Waals surface area contributed by atoms with Gasteiger partial charge in [-0.05, 0) is 0 Å². The van der Waals surface area contributed by atoms with E-state index in [0.29, 0.717) is 0 Å². The number of carboxylic acids is 2. The van der Waals surface area contributed by atoms with E-state index >= 15 is 0 Å². The van der Waals surface area contributed by atoms with Gasteiger partial charge >= 0.3 is 23.3 Å². The second kappa shape index (κ2) is 7.15. The molecule has 0 aliphatic rings. The fourth-order valence-electron chi connectivity index (χ4n) is 0. The summed E-state index contributed by atoms with van der Waals surface area (Å²) in [4.78, 5) is 18.2. The van der Waals surface area contributed by atoms with E-state index in [4.69, 9.17) is 29.1 Å². The van der Waals surface area contributed by atoms with E-state index in [9.17, 15) is 0 Å². The third kappa shape index (κ3) is 19.1. The van der Waals surface area contributed by atoms with E-state index in [0.717, 1.165) is 0 Å². The molecule has 0 heterocycles. The van der Waals surface area contributed by atoms with Crippen molar-refractivity contribution in [1.82, 2.24) is 0 Å². The normalized spacial score (nSPS) is 6.89. The Kier molecular flexibility index (Phi) is 8.75. The van der Waals surface area contributed by atoms with Crippen LogP contribution in [0.25, 0.3) is 0 Å². The summed E-state index contributed by atoms with van der Waals surface area (Å²) in [6, 6.07) is 0. The molecule has 0 amide bonds. The first-order valence-corrected chi connectivity index (χ1v) is 2.08. The molecular formula is C2H3ClO6. The minimum absolute atomic E-state index is 0.167. The Morgan fingerprint density at radius 3 is 1.33 bits per heavy atom. The molecule has 54 valence electrons. The molecule has 0 radical (unpaired) electrons. The summed E-state index contributed by atoms with van der Waals surface area (Å²) >= 11 is -0.167. The molecule has 0 aromatic carbocycles. The number of aliphatic carboxylic acids is 2. The van der Waals surface area contributed by atoms with E-state index in [1.807, 2.05) is 0 Å². The van der Waals surface area contributed by atoms with Crippen molar-refractivity contribution in [3.63, 3.8) is 0 Å². The number of halogens is 1. The van der Waals surface area contributed by atoms with Gasteiger partial charge in [0.15, 0.2) is 0 Å². The number of carbonyl (C=O) groups is 2. The fourth-order valence-corrected chi connectivity index (χ4v) is 0. The summed E-state index contributed by atoms with van der Waals surface area (Å²) in [5.74, 6) is -3.65. The monoisotopic (exact) mass is 158 g/mol. The lowest BCUT2D eigenvalue weighted by Gasteiger charge is -1.72. The van der Waals surface area contributed by atoms with Gasteiger partial charge < -0.3 is 14.9 Å². The predicted molar refractivity (Wildman–Crippen MR) is 17.5 cm³/mol. The molecule has 0 spiro atoms. The minimum Gasteiger partial charge on any atom is -0.506 e. The highest BCUT2D eigenvalue weighted by Crippen LogP contribution is 1.56. The third-order valence-electron chi connectivity index (χ3n) is 0.183. The highest BCUT2D eigenvalue weighted by Gasteiger charge is 2.04. The lowest BCUT2D eigenvalue weighted by molar-refractivity contribution is -1.27. The summed E-state index contributed by atoms with van der Waals surface area (Å²) in [5, 5.41) is 14.8. The molecule has 0 bridgehead atoms. The van der Waals surface area contributed by atoms with Gasteiger partial charge in [0, 0.05) is 0 Å². The van der Waals surface area contributed by atoms with Crippen LogP contribution in [0.3, 0.4) is 0 Å². The zero-order chi connectivity index (χ0) is 7.86. The molecule has 0 saturated carbocycles. The molecule has 9 heavy (non-hydrogen) atoms. The van der Waals surface area contributed by atoms with Crippen LogP contribution < -0.4 is 4.66 Å². The molecule has 0 rings (SSSR count). The van der Waals surface area contributed by atoms with Crippen LogP contribution >= 0.6 is 0 Å². The molecule has 0 aliphatic heterocycles.